The Hall–Kier alpha value is -0.0600. The minimum absolute atomic E-state index is 0.737. The Bertz CT molecular complexity index is 276. The van der Waals surface area contributed by atoms with Gasteiger partial charge >= 0.3 is 0 Å². The quantitative estimate of drug-likeness (QED) is 0.690. The van der Waals surface area contributed by atoms with Crippen LogP contribution in [0, 0.1) is 0 Å². The fourth-order valence-corrected chi connectivity index (χ4v) is 2.38. The molecule has 0 fully saturated rings. The van der Waals surface area contributed by atoms with Gasteiger partial charge in [-0.05, 0) is 28.1 Å². The number of fused-ring (bicyclic) bond motifs is 1. The zero-order chi connectivity index (χ0) is 7.84. The second kappa shape index (κ2) is 2.77. The highest BCUT2D eigenvalue weighted by molar-refractivity contribution is 9.10. The van der Waals surface area contributed by atoms with Gasteiger partial charge in [-0.2, -0.15) is 0 Å². The van der Waals surface area contributed by atoms with Gasteiger partial charge in [0.25, 0.3) is 0 Å². The van der Waals surface area contributed by atoms with E-state index in [0.717, 1.165) is 20.9 Å². The Balaban J connectivity index is 2.64. The molecule has 0 aliphatic carbocycles. The predicted octanol–water partition coefficient (Wildman–Crippen LogP) is 3.50. The monoisotopic (exact) mass is 250 g/mol. The van der Waals surface area contributed by atoms with E-state index in [2.05, 4.69) is 25.4 Å². The molecule has 1 aromatic rings. The van der Waals surface area contributed by atoms with Crippen molar-refractivity contribution in [3.8, 4) is 0 Å². The summed E-state index contributed by atoms with van der Waals surface area (Å²) in [6, 6.07) is 3.77. The van der Waals surface area contributed by atoms with Crippen LogP contribution < -0.4 is 9.44 Å². The third kappa shape index (κ3) is 1.19. The van der Waals surface area contributed by atoms with Crippen molar-refractivity contribution in [2.75, 3.05) is 9.44 Å². The van der Waals surface area contributed by atoms with Crippen LogP contribution in [0.1, 0.15) is 0 Å². The summed E-state index contributed by atoms with van der Waals surface area (Å²) in [5, 5.41) is 0.737. The van der Waals surface area contributed by atoms with Gasteiger partial charge in [-0.25, -0.2) is 0 Å². The third-order valence-corrected chi connectivity index (χ3v) is 3.00. The summed E-state index contributed by atoms with van der Waals surface area (Å²) >= 11 is 10.7. The molecule has 0 saturated heterocycles. The molecule has 0 amide bonds. The van der Waals surface area contributed by atoms with Crippen LogP contribution >= 0.6 is 39.7 Å². The van der Waals surface area contributed by atoms with Crippen molar-refractivity contribution in [3.63, 3.8) is 0 Å². The average molecular weight is 252 g/mol. The Morgan fingerprint density at radius 3 is 2.73 bits per heavy atom. The molecule has 2 nitrogen and oxygen atoms in total. The van der Waals surface area contributed by atoms with E-state index in [4.69, 9.17) is 11.6 Å². The number of hydrogen-bond donors (Lipinski definition) is 2. The lowest BCUT2D eigenvalue weighted by Gasteiger charge is -2.01. The molecular weight excluding hydrogens is 248 g/mol. The summed E-state index contributed by atoms with van der Waals surface area (Å²) in [5.74, 6) is 0. The molecular formula is C6H4BrClN2S. The molecule has 0 saturated carbocycles. The largest absolute Gasteiger partial charge is 0.309 e. The standard InChI is InChI=1S/C6H4BrClN2S/c7-3-1-2-4(8)6-5(3)9-11-10-6/h1-2,9-10H. The molecule has 0 aromatic heterocycles. The van der Waals surface area contributed by atoms with E-state index in [-0.39, 0.29) is 0 Å². The minimum Gasteiger partial charge on any atom is -0.309 e. The second-order valence-electron chi connectivity index (χ2n) is 2.09. The van der Waals surface area contributed by atoms with Gasteiger partial charge in [0.2, 0.25) is 0 Å². The lowest BCUT2D eigenvalue weighted by Crippen LogP contribution is -1.79. The van der Waals surface area contributed by atoms with Gasteiger partial charge in [-0.1, -0.05) is 11.6 Å². The summed E-state index contributed by atoms with van der Waals surface area (Å²) in [5.41, 5.74) is 1.97. The van der Waals surface area contributed by atoms with Crippen molar-refractivity contribution < 1.29 is 0 Å². The van der Waals surface area contributed by atoms with Crippen LogP contribution in [0.15, 0.2) is 16.6 Å². The van der Waals surface area contributed by atoms with Gasteiger partial charge < -0.3 is 9.44 Å². The van der Waals surface area contributed by atoms with Crippen LogP contribution in [0.4, 0.5) is 11.4 Å². The van der Waals surface area contributed by atoms with Crippen molar-refractivity contribution in [2.24, 2.45) is 0 Å². The molecule has 11 heavy (non-hydrogen) atoms. The first-order valence-corrected chi connectivity index (χ1v) is 4.93. The fourth-order valence-electron chi connectivity index (χ4n) is 0.879. The van der Waals surface area contributed by atoms with E-state index in [9.17, 15) is 0 Å². The summed E-state index contributed by atoms with van der Waals surface area (Å²) in [7, 11) is 0. The molecule has 5 heteroatoms. The Morgan fingerprint density at radius 1 is 1.27 bits per heavy atom. The normalized spacial score (nSPS) is 13.6. The van der Waals surface area contributed by atoms with Gasteiger partial charge in [0.1, 0.15) is 0 Å². The highest BCUT2D eigenvalue weighted by atomic mass is 79.9. The van der Waals surface area contributed by atoms with Crippen LogP contribution in [-0.2, 0) is 0 Å². The third-order valence-electron chi connectivity index (χ3n) is 1.41. The van der Waals surface area contributed by atoms with Crippen molar-refractivity contribution in [1.29, 1.82) is 0 Å². The lowest BCUT2D eigenvalue weighted by atomic mass is 10.3. The minimum atomic E-state index is 0.737. The van der Waals surface area contributed by atoms with E-state index in [1.807, 2.05) is 12.1 Å². The lowest BCUT2D eigenvalue weighted by molar-refractivity contribution is 1.65. The van der Waals surface area contributed by atoms with Gasteiger partial charge in [0, 0.05) is 4.47 Å². The molecule has 1 heterocycles. The van der Waals surface area contributed by atoms with E-state index in [1.165, 1.54) is 12.1 Å². The van der Waals surface area contributed by atoms with Crippen LogP contribution in [0.25, 0.3) is 0 Å². The Labute approximate surface area is 82.1 Å². The van der Waals surface area contributed by atoms with Crippen LogP contribution in [-0.4, -0.2) is 0 Å². The van der Waals surface area contributed by atoms with Gasteiger partial charge in [-0.15, -0.1) is 0 Å². The molecule has 2 N–H and O–H groups in total. The molecule has 1 aliphatic rings. The first kappa shape index (κ1) is 7.58. The molecule has 0 radical (unpaired) electrons. The first-order chi connectivity index (χ1) is 5.29. The summed E-state index contributed by atoms with van der Waals surface area (Å²) in [4.78, 5) is 0. The fraction of sp³-hybridized carbons (Fsp3) is 0. The Kier molecular flexibility index (Phi) is 1.91. The molecule has 1 aromatic carbocycles. The maximum atomic E-state index is 5.90. The van der Waals surface area contributed by atoms with E-state index < -0.39 is 0 Å². The van der Waals surface area contributed by atoms with Crippen LogP contribution in [0.5, 0.6) is 0 Å². The zero-order valence-electron chi connectivity index (χ0n) is 5.32. The van der Waals surface area contributed by atoms with Gasteiger partial charge in [0.05, 0.1) is 28.5 Å². The predicted molar refractivity (Wildman–Crippen MR) is 54.0 cm³/mol. The molecule has 0 spiro atoms. The van der Waals surface area contributed by atoms with E-state index >= 15 is 0 Å². The van der Waals surface area contributed by atoms with Gasteiger partial charge in [0.15, 0.2) is 0 Å². The van der Waals surface area contributed by atoms with Crippen molar-refractivity contribution in [1.82, 2.24) is 0 Å². The number of nitrogens with one attached hydrogen (secondary N) is 2. The number of rotatable bonds is 0. The van der Waals surface area contributed by atoms with Crippen molar-refractivity contribution in [3.05, 3.63) is 21.6 Å². The molecule has 1 aliphatic heterocycles. The topological polar surface area (TPSA) is 24.1 Å². The van der Waals surface area contributed by atoms with Crippen LogP contribution in [0.2, 0.25) is 5.02 Å². The average Bonchev–Trinajstić information content (AvgIpc) is 2.45. The number of benzene rings is 1. The smallest absolute Gasteiger partial charge is 0.0898 e. The Morgan fingerprint density at radius 2 is 2.00 bits per heavy atom. The van der Waals surface area contributed by atoms with Crippen molar-refractivity contribution >= 4 is 51.0 Å². The molecule has 2 rings (SSSR count). The van der Waals surface area contributed by atoms with Crippen molar-refractivity contribution in [2.45, 2.75) is 0 Å². The summed E-state index contributed by atoms with van der Waals surface area (Å²) < 4.78 is 7.16. The SMILES string of the molecule is Clc1ccc(Br)c2c1NSN2. The summed E-state index contributed by atoms with van der Waals surface area (Å²) in [6.07, 6.45) is 0. The highest BCUT2D eigenvalue weighted by Crippen LogP contribution is 2.43. The first-order valence-electron chi connectivity index (χ1n) is 2.95. The maximum Gasteiger partial charge on any atom is 0.0898 e. The zero-order valence-corrected chi connectivity index (χ0v) is 8.48. The number of halogens is 2. The van der Waals surface area contributed by atoms with E-state index in [1.54, 1.807) is 0 Å². The van der Waals surface area contributed by atoms with E-state index in [0.29, 0.717) is 0 Å². The maximum absolute atomic E-state index is 5.90. The second-order valence-corrected chi connectivity index (χ2v) is 3.96. The molecule has 0 atom stereocenters. The molecule has 0 bridgehead atoms. The number of anilines is 2. The number of hydrogen-bond acceptors (Lipinski definition) is 3. The molecule has 58 valence electrons. The highest BCUT2D eigenvalue weighted by Gasteiger charge is 2.15. The molecule has 0 unspecified atom stereocenters. The summed E-state index contributed by atoms with van der Waals surface area (Å²) in [6.45, 7) is 0. The van der Waals surface area contributed by atoms with Crippen LogP contribution in [0.3, 0.4) is 0 Å². The van der Waals surface area contributed by atoms with Gasteiger partial charge in [-0.3, -0.25) is 0 Å².